The van der Waals surface area contributed by atoms with E-state index in [9.17, 15) is 14.4 Å². The number of amides is 3. The van der Waals surface area contributed by atoms with Gasteiger partial charge in [-0.15, -0.1) is 11.3 Å². The molecule has 0 unspecified atom stereocenters. The van der Waals surface area contributed by atoms with E-state index in [1.807, 2.05) is 32.9 Å². The molecule has 0 saturated heterocycles. The zero-order valence-corrected chi connectivity index (χ0v) is 22.7. The van der Waals surface area contributed by atoms with Gasteiger partial charge in [-0.2, -0.15) is 0 Å². The van der Waals surface area contributed by atoms with Crippen molar-refractivity contribution in [2.45, 2.75) is 60.0 Å². The van der Waals surface area contributed by atoms with Gasteiger partial charge >= 0.3 is 0 Å². The molecule has 0 bridgehead atoms. The van der Waals surface area contributed by atoms with E-state index in [0.29, 0.717) is 27.8 Å². The highest BCUT2D eigenvalue weighted by Crippen LogP contribution is 2.39. The van der Waals surface area contributed by atoms with Crippen LogP contribution >= 0.6 is 11.3 Å². The molecule has 0 fully saturated rings. The third kappa shape index (κ3) is 5.85. The molecular formula is C29H33N3O4S. The fourth-order valence-corrected chi connectivity index (χ4v) is 6.23. The number of carbonyl (C=O) groups is 3. The number of hydrogen-bond donors (Lipinski definition) is 3. The molecule has 3 aromatic rings. The molecule has 1 heterocycles. The van der Waals surface area contributed by atoms with Gasteiger partial charge in [0.15, 0.2) is 6.10 Å². The maximum absolute atomic E-state index is 12.9. The van der Waals surface area contributed by atoms with Crippen LogP contribution in [-0.4, -0.2) is 23.8 Å². The molecule has 194 valence electrons. The number of nitrogens with two attached hydrogens (primary N) is 1. The van der Waals surface area contributed by atoms with E-state index >= 15 is 0 Å². The van der Waals surface area contributed by atoms with Gasteiger partial charge in [0.1, 0.15) is 10.8 Å². The fraction of sp³-hybridized carbons (Fsp3) is 0.345. The van der Waals surface area contributed by atoms with Crippen LogP contribution in [0.2, 0.25) is 0 Å². The lowest BCUT2D eigenvalue weighted by Crippen LogP contribution is -2.30. The number of hydrogen-bond acceptors (Lipinski definition) is 5. The fourth-order valence-electron chi connectivity index (χ4n) is 4.82. The first-order chi connectivity index (χ1) is 17.5. The van der Waals surface area contributed by atoms with Crippen molar-refractivity contribution in [2.24, 2.45) is 11.7 Å². The number of rotatable bonds is 7. The minimum atomic E-state index is -0.738. The van der Waals surface area contributed by atoms with Crippen molar-refractivity contribution in [3.05, 3.63) is 74.7 Å². The molecule has 1 aromatic heterocycles. The first-order valence-electron chi connectivity index (χ1n) is 12.4. The number of ether oxygens (including phenoxy) is 1. The molecule has 0 spiro atoms. The Labute approximate surface area is 221 Å². The first kappa shape index (κ1) is 26.4. The smallest absolute Gasteiger partial charge is 0.265 e. The highest BCUT2D eigenvalue weighted by molar-refractivity contribution is 7.17. The third-order valence-electron chi connectivity index (χ3n) is 6.71. The molecule has 3 amide bonds. The molecule has 2 aromatic carbocycles. The second-order valence-corrected chi connectivity index (χ2v) is 11.0. The van der Waals surface area contributed by atoms with Crippen LogP contribution in [0.25, 0.3) is 0 Å². The lowest BCUT2D eigenvalue weighted by atomic mass is 9.88. The monoisotopic (exact) mass is 519 g/mol. The van der Waals surface area contributed by atoms with Gasteiger partial charge in [-0.05, 0) is 93.8 Å². The summed E-state index contributed by atoms with van der Waals surface area (Å²) < 4.78 is 5.82. The number of thiophene rings is 1. The average molecular weight is 520 g/mol. The summed E-state index contributed by atoms with van der Waals surface area (Å²) in [7, 11) is 0. The van der Waals surface area contributed by atoms with Crippen molar-refractivity contribution in [3.8, 4) is 5.75 Å². The Kier molecular flexibility index (Phi) is 7.68. The molecule has 0 aliphatic heterocycles. The number of anilines is 2. The van der Waals surface area contributed by atoms with Crippen LogP contribution < -0.4 is 21.1 Å². The first-order valence-corrected chi connectivity index (χ1v) is 13.3. The zero-order chi connectivity index (χ0) is 26.9. The quantitative estimate of drug-likeness (QED) is 0.380. The molecule has 2 atom stereocenters. The van der Waals surface area contributed by atoms with E-state index in [4.69, 9.17) is 10.5 Å². The Hall–Kier alpha value is -3.65. The SMILES string of the molecule is Cc1cc(C)c(NC(=O)[C@@H](C)Oc2ccc(C(=O)Nc3sc4c(c3C(N)=O)CC[C@@H](C)C4)cc2)c(C)c1. The van der Waals surface area contributed by atoms with E-state index in [1.165, 1.54) is 11.3 Å². The van der Waals surface area contributed by atoms with Crippen molar-refractivity contribution < 1.29 is 19.1 Å². The van der Waals surface area contributed by atoms with Crippen molar-refractivity contribution in [3.63, 3.8) is 0 Å². The van der Waals surface area contributed by atoms with Gasteiger partial charge in [0.25, 0.3) is 17.7 Å². The summed E-state index contributed by atoms with van der Waals surface area (Å²) in [6.45, 7) is 9.81. The molecule has 7 nitrogen and oxygen atoms in total. The Bertz CT molecular complexity index is 1340. The predicted molar refractivity (Wildman–Crippen MR) is 148 cm³/mol. The van der Waals surface area contributed by atoms with Crippen molar-refractivity contribution in [2.75, 3.05) is 10.6 Å². The van der Waals surface area contributed by atoms with E-state index < -0.39 is 12.0 Å². The standard InChI is InChI=1S/C29H33N3O4S/c1-15-6-11-22-23(14-15)37-29(24(22)26(30)33)32-28(35)20-7-9-21(10-8-20)36-19(5)27(34)31-25-17(3)12-16(2)13-18(25)4/h7-10,12-13,15,19H,6,11,14H2,1-5H3,(H2,30,33)(H,31,34)(H,32,35)/t15-,19-/m1/s1. The van der Waals surface area contributed by atoms with Crippen LogP contribution in [0.5, 0.6) is 5.75 Å². The van der Waals surface area contributed by atoms with Gasteiger partial charge < -0.3 is 21.1 Å². The molecule has 1 aliphatic carbocycles. The maximum Gasteiger partial charge on any atom is 0.265 e. The number of benzene rings is 2. The Morgan fingerprint density at radius 3 is 2.32 bits per heavy atom. The lowest BCUT2D eigenvalue weighted by molar-refractivity contribution is -0.122. The highest BCUT2D eigenvalue weighted by atomic mass is 32.1. The van der Waals surface area contributed by atoms with Gasteiger partial charge in [0.2, 0.25) is 0 Å². The summed E-state index contributed by atoms with van der Waals surface area (Å²) in [5, 5.41) is 6.33. The second-order valence-electron chi connectivity index (χ2n) is 9.92. The highest BCUT2D eigenvalue weighted by Gasteiger charge is 2.27. The van der Waals surface area contributed by atoms with Crippen LogP contribution in [0.3, 0.4) is 0 Å². The largest absolute Gasteiger partial charge is 0.481 e. The Morgan fingerprint density at radius 2 is 1.70 bits per heavy atom. The molecule has 0 saturated carbocycles. The Balaban J connectivity index is 1.41. The minimum absolute atomic E-state index is 0.258. The lowest BCUT2D eigenvalue weighted by Gasteiger charge is -2.18. The van der Waals surface area contributed by atoms with E-state index in [0.717, 1.165) is 52.1 Å². The normalized spacial score (nSPS) is 15.4. The summed E-state index contributed by atoms with van der Waals surface area (Å²) in [5.74, 6) is -0.106. The van der Waals surface area contributed by atoms with E-state index in [1.54, 1.807) is 31.2 Å². The molecule has 8 heteroatoms. The van der Waals surface area contributed by atoms with Gasteiger partial charge in [0, 0.05) is 16.1 Å². The zero-order valence-electron chi connectivity index (χ0n) is 21.9. The summed E-state index contributed by atoms with van der Waals surface area (Å²) in [6, 6.07) is 10.6. The number of aryl methyl sites for hydroxylation is 3. The molecule has 4 rings (SSSR count). The van der Waals surface area contributed by atoms with Gasteiger partial charge in [-0.25, -0.2) is 0 Å². The summed E-state index contributed by atoms with van der Waals surface area (Å²) >= 11 is 1.43. The molecule has 1 aliphatic rings. The number of nitrogens with one attached hydrogen (secondary N) is 2. The van der Waals surface area contributed by atoms with Gasteiger partial charge in [-0.1, -0.05) is 24.6 Å². The molecular weight excluding hydrogens is 486 g/mol. The van der Waals surface area contributed by atoms with Gasteiger partial charge in [0.05, 0.1) is 5.56 Å². The van der Waals surface area contributed by atoms with Crippen molar-refractivity contribution in [1.29, 1.82) is 0 Å². The van der Waals surface area contributed by atoms with Gasteiger partial charge in [-0.3, -0.25) is 14.4 Å². The third-order valence-corrected chi connectivity index (χ3v) is 7.88. The van der Waals surface area contributed by atoms with Crippen molar-refractivity contribution >= 4 is 39.7 Å². The summed E-state index contributed by atoms with van der Waals surface area (Å²) in [4.78, 5) is 38.9. The minimum Gasteiger partial charge on any atom is -0.481 e. The van der Waals surface area contributed by atoms with Crippen LogP contribution in [0.15, 0.2) is 36.4 Å². The van der Waals surface area contributed by atoms with Crippen LogP contribution in [-0.2, 0) is 17.6 Å². The number of carbonyl (C=O) groups excluding carboxylic acids is 3. The number of primary amides is 1. The van der Waals surface area contributed by atoms with E-state index in [-0.39, 0.29) is 11.8 Å². The van der Waals surface area contributed by atoms with Crippen LogP contribution in [0.4, 0.5) is 10.7 Å². The molecule has 0 radical (unpaired) electrons. The van der Waals surface area contributed by atoms with E-state index in [2.05, 4.69) is 17.6 Å². The molecule has 4 N–H and O–H groups in total. The summed E-state index contributed by atoms with van der Waals surface area (Å²) in [6.07, 6.45) is 1.94. The second kappa shape index (κ2) is 10.8. The van der Waals surface area contributed by atoms with Crippen LogP contribution in [0, 0.1) is 26.7 Å². The maximum atomic E-state index is 12.9. The van der Waals surface area contributed by atoms with Crippen LogP contribution in [0.1, 0.15) is 68.1 Å². The average Bonchev–Trinajstić information content (AvgIpc) is 3.18. The number of fused-ring (bicyclic) bond motifs is 1. The topological polar surface area (TPSA) is 111 Å². The summed E-state index contributed by atoms with van der Waals surface area (Å²) in [5.41, 5.74) is 11.4. The van der Waals surface area contributed by atoms with Crippen molar-refractivity contribution in [1.82, 2.24) is 0 Å². The predicted octanol–water partition coefficient (Wildman–Crippen LogP) is 5.56. The molecule has 37 heavy (non-hydrogen) atoms. The Morgan fingerprint density at radius 1 is 1.05 bits per heavy atom.